The van der Waals surface area contributed by atoms with E-state index in [9.17, 15) is 13.2 Å². The van der Waals surface area contributed by atoms with Crippen LogP contribution in [0.1, 0.15) is 5.56 Å². The third kappa shape index (κ3) is 4.64. The van der Waals surface area contributed by atoms with E-state index in [0.29, 0.717) is 10.7 Å². The van der Waals surface area contributed by atoms with E-state index >= 15 is 0 Å². The van der Waals surface area contributed by atoms with Gasteiger partial charge in [0.1, 0.15) is 5.75 Å². The van der Waals surface area contributed by atoms with Gasteiger partial charge >= 0.3 is 0 Å². The van der Waals surface area contributed by atoms with Gasteiger partial charge in [-0.05, 0) is 30.7 Å². The first-order chi connectivity index (χ1) is 8.34. The highest BCUT2D eigenvalue weighted by molar-refractivity contribution is 7.92. The standard InChI is InChI=1S/C11H14ClNO4S/c1-8-6-9(12)2-3-10(8)13-11(15)7-18(16,17)5-4-14/h2-3,6,14H,4-5,7H2,1H3,(H,13,15). The number of aryl methyl sites for hydroxylation is 1. The van der Waals surface area contributed by atoms with Crippen LogP contribution in [0, 0.1) is 6.92 Å². The average molecular weight is 292 g/mol. The molecule has 0 heterocycles. The summed E-state index contributed by atoms with van der Waals surface area (Å²) in [7, 11) is -3.56. The minimum absolute atomic E-state index is 0.417. The van der Waals surface area contributed by atoms with Gasteiger partial charge in [0.15, 0.2) is 9.84 Å². The van der Waals surface area contributed by atoms with Crippen molar-refractivity contribution in [3.8, 4) is 0 Å². The van der Waals surface area contributed by atoms with Gasteiger partial charge in [0.2, 0.25) is 5.91 Å². The fourth-order valence-corrected chi connectivity index (χ4v) is 2.49. The van der Waals surface area contributed by atoms with Gasteiger partial charge in [-0.2, -0.15) is 0 Å². The quantitative estimate of drug-likeness (QED) is 0.847. The van der Waals surface area contributed by atoms with Gasteiger partial charge in [-0.15, -0.1) is 0 Å². The van der Waals surface area contributed by atoms with Crippen molar-refractivity contribution in [2.75, 3.05) is 23.4 Å². The number of halogens is 1. The van der Waals surface area contributed by atoms with Gasteiger partial charge < -0.3 is 10.4 Å². The lowest BCUT2D eigenvalue weighted by Crippen LogP contribution is -2.26. The molecule has 0 spiro atoms. The number of benzene rings is 1. The molecule has 2 N–H and O–H groups in total. The molecule has 100 valence electrons. The molecule has 0 aliphatic heterocycles. The summed E-state index contributed by atoms with van der Waals surface area (Å²) in [4.78, 5) is 11.5. The molecule has 1 aromatic carbocycles. The maximum Gasteiger partial charge on any atom is 0.239 e. The van der Waals surface area contributed by atoms with Crippen LogP contribution in [0.2, 0.25) is 5.02 Å². The highest BCUT2D eigenvalue weighted by atomic mass is 35.5. The number of anilines is 1. The molecule has 0 saturated carbocycles. The van der Waals surface area contributed by atoms with E-state index in [4.69, 9.17) is 16.7 Å². The third-order valence-electron chi connectivity index (χ3n) is 2.22. The summed E-state index contributed by atoms with van der Waals surface area (Å²) in [5.74, 6) is -1.69. The molecule has 0 radical (unpaired) electrons. The predicted molar refractivity (Wildman–Crippen MR) is 70.6 cm³/mol. The molecule has 0 aliphatic carbocycles. The maximum absolute atomic E-state index is 11.5. The molecule has 0 unspecified atom stereocenters. The second kappa shape index (κ2) is 6.17. The van der Waals surface area contributed by atoms with Crippen LogP contribution >= 0.6 is 11.6 Å². The Labute approximate surface area is 111 Å². The largest absolute Gasteiger partial charge is 0.395 e. The number of carbonyl (C=O) groups excluding carboxylic acids is 1. The number of carbonyl (C=O) groups is 1. The molecular weight excluding hydrogens is 278 g/mol. The summed E-state index contributed by atoms with van der Waals surface area (Å²) in [5, 5.41) is 11.6. The van der Waals surface area contributed by atoms with Crippen LogP contribution in [-0.4, -0.2) is 37.5 Å². The van der Waals surface area contributed by atoms with Crippen molar-refractivity contribution < 1.29 is 18.3 Å². The summed E-state index contributed by atoms with van der Waals surface area (Å²) in [6.45, 7) is 1.26. The lowest BCUT2D eigenvalue weighted by Gasteiger charge is -2.08. The lowest BCUT2D eigenvalue weighted by molar-refractivity contribution is -0.113. The number of rotatable bonds is 5. The van der Waals surface area contributed by atoms with Crippen LogP contribution in [0.15, 0.2) is 18.2 Å². The molecule has 1 rings (SSSR count). The van der Waals surface area contributed by atoms with Gasteiger partial charge in [0, 0.05) is 10.7 Å². The molecule has 7 heteroatoms. The van der Waals surface area contributed by atoms with Crippen LogP contribution < -0.4 is 5.32 Å². The summed E-state index contributed by atoms with van der Waals surface area (Å²) >= 11 is 5.76. The van der Waals surface area contributed by atoms with Crippen molar-refractivity contribution in [1.82, 2.24) is 0 Å². The van der Waals surface area contributed by atoms with Crippen molar-refractivity contribution in [2.45, 2.75) is 6.92 Å². The Kier molecular flexibility index (Phi) is 5.13. The molecule has 0 aliphatic rings. The fourth-order valence-electron chi connectivity index (χ4n) is 1.36. The summed E-state index contributed by atoms with van der Waals surface area (Å²) in [6, 6.07) is 4.88. The van der Waals surface area contributed by atoms with Gasteiger partial charge in [-0.25, -0.2) is 8.42 Å². The topological polar surface area (TPSA) is 83.5 Å². The minimum atomic E-state index is -3.56. The number of aliphatic hydroxyl groups is 1. The van der Waals surface area contributed by atoms with Gasteiger partial charge in [-0.1, -0.05) is 11.6 Å². The van der Waals surface area contributed by atoms with Gasteiger partial charge in [-0.3, -0.25) is 4.79 Å². The fraction of sp³-hybridized carbons (Fsp3) is 0.364. The van der Waals surface area contributed by atoms with Crippen LogP contribution in [-0.2, 0) is 14.6 Å². The second-order valence-electron chi connectivity index (χ2n) is 3.82. The normalized spacial score (nSPS) is 11.3. The first-order valence-electron chi connectivity index (χ1n) is 5.21. The smallest absolute Gasteiger partial charge is 0.239 e. The summed E-state index contributed by atoms with van der Waals surface area (Å²) in [5.41, 5.74) is 1.26. The number of hydrogen-bond acceptors (Lipinski definition) is 4. The van der Waals surface area contributed by atoms with Crippen molar-refractivity contribution in [3.63, 3.8) is 0 Å². The first-order valence-corrected chi connectivity index (χ1v) is 7.41. The molecule has 18 heavy (non-hydrogen) atoms. The molecule has 5 nitrogen and oxygen atoms in total. The molecule has 0 fully saturated rings. The Hall–Kier alpha value is -1.11. The van der Waals surface area contributed by atoms with Crippen molar-refractivity contribution >= 4 is 33.0 Å². The van der Waals surface area contributed by atoms with Crippen LogP contribution in [0.4, 0.5) is 5.69 Å². The van der Waals surface area contributed by atoms with Gasteiger partial charge in [0.25, 0.3) is 0 Å². The van der Waals surface area contributed by atoms with E-state index in [1.165, 1.54) is 0 Å². The second-order valence-corrected chi connectivity index (χ2v) is 6.44. The van der Waals surface area contributed by atoms with E-state index in [0.717, 1.165) is 5.56 Å². The Morgan fingerprint density at radius 1 is 1.44 bits per heavy atom. The van der Waals surface area contributed by atoms with E-state index in [2.05, 4.69) is 5.32 Å². The first kappa shape index (κ1) is 14.9. The highest BCUT2D eigenvalue weighted by Gasteiger charge is 2.16. The lowest BCUT2D eigenvalue weighted by atomic mass is 10.2. The van der Waals surface area contributed by atoms with E-state index < -0.39 is 33.9 Å². The van der Waals surface area contributed by atoms with Crippen LogP contribution in [0.3, 0.4) is 0 Å². The number of nitrogens with one attached hydrogen (secondary N) is 1. The Balaban J connectivity index is 2.71. The number of sulfone groups is 1. The van der Waals surface area contributed by atoms with Crippen LogP contribution in [0.25, 0.3) is 0 Å². The minimum Gasteiger partial charge on any atom is -0.395 e. The van der Waals surface area contributed by atoms with Crippen LogP contribution in [0.5, 0.6) is 0 Å². The third-order valence-corrected chi connectivity index (χ3v) is 3.96. The predicted octanol–water partition coefficient (Wildman–Crippen LogP) is 0.994. The van der Waals surface area contributed by atoms with Crippen molar-refractivity contribution in [2.24, 2.45) is 0 Å². The zero-order valence-corrected chi connectivity index (χ0v) is 11.4. The molecule has 0 aromatic heterocycles. The molecule has 0 bridgehead atoms. The van der Waals surface area contributed by atoms with E-state index in [1.807, 2.05) is 0 Å². The zero-order valence-electron chi connectivity index (χ0n) is 9.81. The molecule has 1 aromatic rings. The Morgan fingerprint density at radius 3 is 2.67 bits per heavy atom. The Morgan fingerprint density at radius 2 is 2.11 bits per heavy atom. The summed E-state index contributed by atoms with van der Waals surface area (Å²) < 4.78 is 22.7. The highest BCUT2D eigenvalue weighted by Crippen LogP contribution is 2.19. The van der Waals surface area contributed by atoms with Gasteiger partial charge in [0.05, 0.1) is 12.4 Å². The molecular formula is C11H14ClNO4S. The van der Waals surface area contributed by atoms with E-state index in [1.54, 1.807) is 25.1 Å². The zero-order chi connectivity index (χ0) is 13.8. The maximum atomic E-state index is 11.5. The number of amides is 1. The average Bonchev–Trinajstić information content (AvgIpc) is 2.21. The Bertz CT molecular complexity index is 542. The van der Waals surface area contributed by atoms with Crippen molar-refractivity contribution in [1.29, 1.82) is 0 Å². The number of hydrogen-bond donors (Lipinski definition) is 2. The van der Waals surface area contributed by atoms with E-state index in [-0.39, 0.29) is 0 Å². The monoisotopic (exact) mass is 291 g/mol. The molecule has 0 saturated heterocycles. The SMILES string of the molecule is Cc1cc(Cl)ccc1NC(=O)CS(=O)(=O)CCO. The summed E-state index contributed by atoms with van der Waals surface area (Å²) in [6.07, 6.45) is 0. The molecule has 1 amide bonds. The van der Waals surface area contributed by atoms with Crippen molar-refractivity contribution in [3.05, 3.63) is 28.8 Å². The molecule has 0 atom stereocenters. The number of aliphatic hydroxyl groups excluding tert-OH is 1.